The van der Waals surface area contributed by atoms with Crippen molar-refractivity contribution in [1.82, 2.24) is 9.80 Å². The van der Waals surface area contributed by atoms with E-state index >= 15 is 0 Å². The monoisotopic (exact) mass is 488 g/mol. The minimum atomic E-state index is 0. The molecule has 0 radical (unpaired) electrons. The highest BCUT2D eigenvalue weighted by Crippen LogP contribution is 2.16. The van der Waals surface area contributed by atoms with Crippen LogP contribution in [0.15, 0.2) is 60.7 Å². The SMILES string of the molecule is CC1COCC(CO)CN1Cc1ccccc1.CC1COCCC(=O)N1Cc1ccccc1.S. The van der Waals surface area contributed by atoms with E-state index in [9.17, 15) is 9.90 Å². The third-order valence-corrected chi connectivity index (χ3v) is 6.18. The van der Waals surface area contributed by atoms with Crippen LogP contribution in [-0.4, -0.2) is 72.5 Å². The quantitative estimate of drug-likeness (QED) is 0.699. The van der Waals surface area contributed by atoms with E-state index in [1.807, 2.05) is 48.2 Å². The zero-order valence-electron chi connectivity index (χ0n) is 20.4. The molecule has 2 aromatic rings. The van der Waals surface area contributed by atoms with E-state index in [4.69, 9.17) is 9.47 Å². The Kier molecular flexibility index (Phi) is 12.6. The van der Waals surface area contributed by atoms with Gasteiger partial charge in [0, 0.05) is 38.2 Å². The van der Waals surface area contributed by atoms with Gasteiger partial charge in [-0.3, -0.25) is 9.69 Å². The first-order valence-electron chi connectivity index (χ1n) is 11.9. The number of aliphatic hydroxyl groups is 1. The van der Waals surface area contributed by atoms with Crippen molar-refractivity contribution in [3.05, 3.63) is 71.8 Å². The molecule has 3 unspecified atom stereocenters. The lowest BCUT2D eigenvalue weighted by Gasteiger charge is -2.27. The normalized spacial score (nSPS) is 23.7. The van der Waals surface area contributed by atoms with Crippen LogP contribution in [0.2, 0.25) is 0 Å². The summed E-state index contributed by atoms with van der Waals surface area (Å²) in [6.07, 6.45) is 0.497. The second-order valence-corrected chi connectivity index (χ2v) is 9.03. The zero-order chi connectivity index (χ0) is 23.5. The molecule has 0 saturated carbocycles. The van der Waals surface area contributed by atoms with Gasteiger partial charge in [0.2, 0.25) is 5.91 Å². The van der Waals surface area contributed by atoms with Gasteiger partial charge in [-0.15, -0.1) is 0 Å². The van der Waals surface area contributed by atoms with Gasteiger partial charge in [0.25, 0.3) is 0 Å². The number of ether oxygens (including phenoxy) is 2. The van der Waals surface area contributed by atoms with Gasteiger partial charge in [0.05, 0.1) is 38.9 Å². The van der Waals surface area contributed by atoms with Crippen LogP contribution in [0.4, 0.5) is 0 Å². The number of carbonyl (C=O) groups is 1. The van der Waals surface area contributed by atoms with Gasteiger partial charge < -0.3 is 19.5 Å². The number of hydrogen-bond acceptors (Lipinski definition) is 5. The van der Waals surface area contributed by atoms with Crippen molar-refractivity contribution < 1.29 is 19.4 Å². The van der Waals surface area contributed by atoms with Crippen LogP contribution in [0.3, 0.4) is 0 Å². The van der Waals surface area contributed by atoms with Crippen LogP contribution in [0, 0.1) is 5.92 Å². The number of amides is 1. The molecule has 7 heteroatoms. The first-order valence-corrected chi connectivity index (χ1v) is 11.9. The highest BCUT2D eigenvalue weighted by molar-refractivity contribution is 7.59. The Labute approximate surface area is 211 Å². The Bertz CT molecular complexity index is 824. The third kappa shape index (κ3) is 9.04. The highest BCUT2D eigenvalue weighted by Gasteiger charge is 2.24. The summed E-state index contributed by atoms with van der Waals surface area (Å²) in [7, 11) is 0. The molecule has 6 nitrogen and oxygen atoms in total. The molecular weight excluding hydrogens is 448 g/mol. The highest BCUT2D eigenvalue weighted by atomic mass is 32.1. The van der Waals surface area contributed by atoms with Crippen LogP contribution in [-0.2, 0) is 27.4 Å². The summed E-state index contributed by atoms with van der Waals surface area (Å²) in [6, 6.07) is 21.1. The second-order valence-electron chi connectivity index (χ2n) is 9.03. The number of nitrogens with zero attached hydrogens (tertiary/aromatic N) is 2. The van der Waals surface area contributed by atoms with Gasteiger partial charge in [0.1, 0.15) is 0 Å². The summed E-state index contributed by atoms with van der Waals surface area (Å²) in [5.74, 6) is 0.428. The van der Waals surface area contributed by atoms with Crippen LogP contribution in [0.1, 0.15) is 31.4 Å². The topological polar surface area (TPSA) is 62.2 Å². The number of hydrogen-bond donors (Lipinski definition) is 1. The summed E-state index contributed by atoms with van der Waals surface area (Å²) >= 11 is 0. The first kappa shape index (κ1) is 28.3. The van der Waals surface area contributed by atoms with Gasteiger partial charge in [-0.05, 0) is 25.0 Å². The standard InChI is InChI=1S/C14H21NO2.C13H17NO2.H2S/c1-12-10-17-11-14(9-16)8-15(12)7-13-5-3-2-4-6-13;1-11-10-16-8-7-13(15)14(11)9-12-5-3-2-4-6-12;/h2-6,12,14,16H,7-11H2,1H3;2-6,11H,7-10H2,1H3;1H2. The predicted octanol–water partition coefficient (Wildman–Crippen LogP) is 3.45. The Morgan fingerprint density at radius 3 is 2.06 bits per heavy atom. The zero-order valence-corrected chi connectivity index (χ0v) is 21.4. The van der Waals surface area contributed by atoms with Crippen LogP contribution >= 0.6 is 13.5 Å². The molecule has 2 saturated heterocycles. The van der Waals surface area contributed by atoms with Gasteiger partial charge in [-0.2, -0.15) is 13.5 Å². The first-order chi connectivity index (χ1) is 16.1. The number of aliphatic hydroxyl groups excluding tert-OH is 1. The molecule has 0 bridgehead atoms. The lowest BCUT2D eigenvalue weighted by molar-refractivity contribution is -0.132. The number of benzene rings is 2. The largest absolute Gasteiger partial charge is 0.396 e. The number of rotatable bonds is 5. The lowest BCUT2D eigenvalue weighted by Crippen LogP contribution is -2.38. The van der Waals surface area contributed by atoms with Crippen LogP contribution in [0.25, 0.3) is 0 Å². The van der Waals surface area contributed by atoms with Crippen molar-refractivity contribution in [3.8, 4) is 0 Å². The molecule has 3 atom stereocenters. The van der Waals surface area contributed by atoms with E-state index in [0.717, 1.165) is 19.7 Å². The lowest BCUT2D eigenvalue weighted by atomic mass is 10.1. The van der Waals surface area contributed by atoms with Crippen LogP contribution < -0.4 is 0 Å². The van der Waals surface area contributed by atoms with Crippen LogP contribution in [0.5, 0.6) is 0 Å². The molecule has 1 N–H and O–H groups in total. The summed E-state index contributed by atoms with van der Waals surface area (Å²) in [5, 5.41) is 9.28. The van der Waals surface area contributed by atoms with E-state index in [2.05, 4.69) is 36.1 Å². The molecule has 4 rings (SSSR count). The Balaban J connectivity index is 0.000000234. The van der Waals surface area contributed by atoms with Crippen molar-refractivity contribution in [3.63, 3.8) is 0 Å². The molecule has 0 spiro atoms. The van der Waals surface area contributed by atoms with E-state index in [-0.39, 0.29) is 38.0 Å². The average molecular weight is 489 g/mol. The average Bonchev–Trinajstić information content (AvgIpc) is 3.11. The van der Waals surface area contributed by atoms with Gasteiger partial charge >= 0.3 is 0 Å². The molecular formula is C27H40N2O4S. The van der Waals surface area contributed by atoms with E-state index in [0.29, 0.717) is 38.8 Å². The molecule has 2 aliphatic rings. The van der Waals surface area contributed by atoms with Crippen molar-refractivity contribution in [2.75, 3.05) is 39.6 Å². The smallest absolute Gasteiger partial charge is 0.225 e. The fraction of sp³-hybridized carbons (Fsp3) is 0.519. The van der Waals surface area contributed by atoms with Crippen molar-refractivity contribution in [2.45, 2.75) is 45.4 Å². The predicted molar refractivity (Wildman–Crippen MR) is 140 cm³/mol. The summed E-state index contributed by atoms with van der Waals surface area (Å²) in [4.78, 5) is 16.2. The minimum absolute atomic E-state index is 0. The Morgan fingerprint density at radius 1 is 0.853 bits per heavy atom. The minimum Gasteiger partial charge on any atom is -0.396 e. The Hall–Kier alpha value is -1.90. The fourth-order valence-corrected chi connectivity index (χ4v) is 4.14. The molecule has 2 heterocycles. The maximum Gasteiger partial charge on any atom is 0.225 e. The van der Waals surface area contributed by atoms with E-state index in [1.54, 1.807) is 0 Å². The molecule has 1 amide bonds. The van der Waals surface area contributed by atoms with Crippen molar-refractivity contribution >= 4 is 19.4 Å². The molecule has 0 aliphatic carbocycles. The third-order valence-electron chi connectivity index (χ3n) is 6.18. The molecule has 2 aromatic carbocycles. The second kappa shape index (κ2) is 15.2. The summed E-state index contributed by atoms with van der Waals surface area (Å²) in [5.41, 5.74) is 2.49. The summed E-state index contributed by atoms with van der Waals surface area (Å²) < 4.78 is 11.0. The van der Waals surface area contributed by atoms with Gasteiger partial charge in [-0.1, -0.05) is 60.7 Å². The van der Waals surface area contributed by atoms with Crippen molar-refractivity contribution in [2.24, 2.45) is 5.92 Å². The Morgan fingerprint density at radius 2 is 1.44 bits per heavy atom. The fourth-order valence-electron chi connectivity index (χ4n) is 4.14. The molecule has 2 aliphatic heterocycles. The molecule has 0 aromatic heterocycles. The maximum absolute atomic E-state index is 11.9. The van der Waals surface area contributed by atoms with E-state index in [1.165, 1.54) is 11.1 Å². The molecule has 188 valence electrons. The maximum atomic E-state index is 11.9. The van der Waals surface area contributed by atoms with Gasteiger partial charge in [-0.25, -0.2) is 0 Å². The van der Waals surface area contributed by atoms with E-state index < -0.39 is 0 Å². The van der Waals surface area contributed by atoms with Gasteiger partial charge in [0.15, 0.2) is 0 Å². The summed E-state index contributed by atoms with van der Waals surface area (Å²) in [6.45, 7) is 9.56. The molecule has 34 heavy (non-hydrogen) atoms. The van der Waals surface area contributed by atoms with Crippen molar-refractivity contribution in [1.29, 1.82) is 0 Å². The number of carbonyl (C=O) groups excluding carboxylic acids is 1. The molecule has 2 fully saturated rings.